The Morgan fingerprint density at radius 2 is 2.38 bits per heavy atom. The third kappa shape index (κ3) is 2.51. The van der Waals surface area contributed by atoms with Crippen molar-refractivity contribution in [3.05, 3.63) is 32.8 Å². The largest absolute Gasteiger partial charge is 0.375 e. The van der Waals surface area contributed by atoms with Crippen LogP contribution in [0.4, 0.5) is 11.4 Å². The van der Waals surface area contributed by atoms with Crippen molar-refractivity contribution in [2.75, 3.05) is 18.4 Å². The van der Waals surface area contributed by atoms with Crippen LogP contribution in [0.2, 0.25) is 0 Å². The lowest BCUT2D eigenvalue weighted by molar-refractivity contribution is -0.384. The number of nitro benzene ring substituents is 1. The van der Waals surface area contributed by atoms with Gasteiger partial charge in [0.05, 0.1) is 4.92 Å². The Hall–Kier alpha value is -1.14. The molecule has 0 spiro atoms. The van der Waals surface area contributed by atoms with Crippen molar-refractivity contribution in [3.63, 3.8) is 0 Å². The van der Waals surface area contributed by atoms with Crippen LogP contribution in [0.1, 0.15) is 6.42 Å². The van der Waals surface area contributed by atoms with E-state index in [9.17, 15) is 10.1 Å². The van der Waals surface area contributed by atoms with E-state index >= 15 is 0 Å². The summed E-state index contributed by atoms with van der Waals surface area (Å²) in [4.78, 5) is 10.5. The van der Waals surface area contributed by atoms with Gasteiger partial charge in [0, 0.05) is 23.1 Å². The first-order chi connectivity index (χ1) is 7.66. The summed E-state index contributed by atoms with van der Waals surface area (Å²) in [5.74, 6) is 0. The molecule has 0 radical (unpaired) electrons. The van der Waals surface area contributed by atoms with E-state index in [1.807, 2.05) is 0 Å². The monoisotopic (exact) mass is 285 g/mol. The zero-order valence-electron chi connectivity index (χ0n) is 8.57. The van der Waals surface area contributed by atoms with Gasteiger partial charge in [-0.25, -0.2) is 0 Å². The molecule has 0 saturated carbocycles. The van der Waals surface area contributed by atoms with E-state index < -0.39 is 0 Å². The number of rotatable bonds is 3. The highest BCUT2D eigenvalue weighted by molar-refractivity contribution is 9.10. The van der Waals surface area contributed by atoms with Gasteiger partial charge < -0.3 is 10.6 Å². The molecule has 1 heterocycles. The molecule has 1 fully saturated rings. The Labute approximate surface area is 102 Å². The number of nitrogens with zero attached hydrogens (tertiary/aromatic N) is 1. The van der Waals surface area contributed by atoms with Gasteiger partial charge in [-0.05, 0) is 25.1 Å². The Morgan fingerprint density at radius 1 is 1.56 bits per heavy atom. The predicted octanol–water partition coefficient (Wildman–Crippen LogP) is 2.13. The van der Waals surface area contributed by atoms with Gasteiger partial charge in [-0.2, -0.15) is 0 Å². The van der Waals surface area contributed by atoms with Crippen LogP contribution in [0.15, 0.2) is 22.7 Å². The van der Waals surface area contributed by atoms with E-state index in [2.05, 4.69) is 26.6 Å². The molecule has 1 aromatic rings. The number of halogens is 1. The molecule has 5 nitrogen and oxygen atoms in total. The highest BCUT2D eigenvalue weighted by atomic mass is 79.9. The minimum absolute atomic E-state index is 0.112. The molecule has 16 heavy (non-hydrogen) atoms. The second kappa shape index (κ2) is 4.80. The first-order valence-corrected chi connectivity index (χ1v) is 5.87. The molecule has 1 atom stereocenters. The number of hydrogen-bond acceptors (Lipinski definition) is 4. The molecule has 1 aliphatic heterocycles. The van der Waals surface area contributed by atoms with Gasteiger partial charge in [-0.15, -0.1) is 0 Å². The van der Waals surface area contributed by atoms with E-state index in [1.54, 1.807) is 12.1 Å². The van der Waals surface area contributed by atoms with Gasteiger partial charge in [0.15, 0.2) is 0 Å². The molecule has 1 aliphatic rings. The summed E-state index contributed by atoms with van der Waals surface area (Å²) >= 11 is 3.23. The molecule has 0 aliphatic carbocycles. The third-order valence-electron chi connectivity index (χ3n) is 2.58. The van der Waals surface area contributed by atoms with Crippen LogP contribution in [0, 0.1) is 10.1 Å². The van der Waals surface area contributed by atoms with Crippen molar-refractivity contribution < 1.29 is 4.92 Å². The van der Waals surface area contributed by atoms with Crippen LogP contribution >= 0.6 is 15.9 Å². The summed E-state index contributed by atoms with van der Waals surface area (Å²) < 4.78 is 0.717. The van der Waals surface area contributed by atoms with E-state index in [0.717, 1.165) is 19.5 Å². The first-order valence-electron chi connectivity index (χ1n) is 5.08. The van der Waals surface area contributed by atoms with Gasteiger partial charge in [0.1, 0.15) is 5.69 Å². The summed E-state index contributed by atoms with van der Waals surface area (Å²) in [6, 6.07) is 5.34. The Balaban J connectivity index is 2.21. The molecule has 1 aromatic carbocycles. The van der Waals surface area contributed by atoms with Crippen LogP contribution in [0.3, 0.4) is 0 Å². The predicted molar refractivity (Wildman–Crippen MR) is 65.7 cm³/mol. The maximum atomic E-state index is 10.9. The summed E-state index contributed by atoms with van der Waals surface area (Å²) in [5.41, 5.74) is 0.697. The molecule has 0 amide bonds. The van der Waals surface area contributed by atoms with Crippen molar-refractivity contribution in [1.29, 1.82) is 0 Å². The first kappa shape index (κ1) is 11.3. The standard InChI is InChI=1S/C10H12BrN3O2/c11-7-1-2-9(10(5-7)14(15)16)13-8-3-4-12-6-8/h1-2,5,8,12-13H,3-4,6H2/t8-/m1/s1. The number of benzene rings is 1. The summed E-state index contributed by atoms with van der Waals surface area (Å²) in [6.07, 6.45) is 0.993. The molecule has 2 N–H and O–H groups in total. The van der Waals surface area contributed by atoms with Crippen LogP contribution < -0.4 is 10.6 Å². The number of hydrogen-bond donors (Lipinski definition) is 2. The molecule has 0 unspecified atom stereocenters. The molecule has 86 valence electrons. The van der Waals surface area contributed by atoms with Crippen LogP contribution in [-0.4, -0.2) is 24.1 Å². The molecule has 0 aromatic heterocycles. The molecular weight excluding hydrogens is 274 g/mol. The van der Waals surface area contributed by atoms with Gasteiger partial charge >= 0.3 is 0 Å². The van der Waals surface area contributed by atoms with Crippen molar-refractivity contribution in [2.45, 2.75) is 12.5 Å². The smallest absolute Gasteiger partial charge is 0.293 e. The maximum absolute atomic E-state index is 10.9. The zero-order chi connectivity index (χ0) is 11.5. The fourth-order valence-corrected chi connectivity index (χ4v) is 2.12. The fraction of sp³-hybridized carbons (Fsp3) is 0.400. The minimum atomic E-state index is -0.366. The average molecular weight is 286 g/mol. The second-order valence-electron chi connectivity index (χ2n) is 3.75. The van der Waals surface area contributed by atoms with Crippen LogP contribution in [-0.2, 0) is 0 Å². The van der Waals surface area contributed by atoms with E-state index in [0.29, 0.717) is 10.2 Å². The lowest BCUT2D eigenvalue weighted by Gasteiger charge is -2.12. The van der Waals surface area contributed by atoms with E-state index in [-0.39, 0.29) is 16.7 Å². The highest BCUT2D eigenvalue weighted by Gasteiger charge is 2.19. The maximum Gasteiger partial charge on any atom is 0.293 e. The van der Waals surface area contributed by atoms with Crippen molar-refractivity contribution in [1.82, 2.24) is 5.32 Å². The number of nitro groups is 1. The van der Waals surface area contributed by atoms with Gasteiger partial charge in [-0.3, -0.25) is 10.1 Å². The average Bonchev–Trinajstić information content (AvgIpc) is 2.73. The van der Waals surface area contributed by atoms with Crippen molar-refractivity contribution in [2.24, 2.45) is 0 Å². The SMILES string of the molecule is O=[N+]([O-])c1cc(Br)ccc1N[C@@H]1CCNC1. The Kier molecular flexibility index (Phi) is 3.40. The topological polar surface area (TPSA) is 67.2 Å². The van der Waals surface area contributed by atoms with Crippen LogP contribution in [0.25, 0.3) is 0 Å². The quantitative estimate of drug-likeness (QED) is 0.660. The molecule has 0 bridgehead atoms. The van der Waals surface area contributed by atoms with Crippen molar-refractivity contribution in [3.8, 4) is 0 Å². The lowest BCUT2D eigenvalue weighted by atomic mass is 10.2. The van der Waals surface area contributed by atoms with Gasteiger partial charge in [-0.1, -0.05) is 15.9 Å². The molecule has 1 saturated heterocycles. The Bertz CT molecular complexity index is 405. The van der Waals surface area contributed by atoms with Gasteiger partial charge in [0.25, 0.3) is 5.69 Å². The summed E-state index contributed by atoms with van der Waals surface area (Å²) in [7, 11) is 0. The fourth-order valence-electron chi connectivity index (χ4n) is 1.78. The van der Waals surface area contributed by atoms with E-state index in [1.165, 1.54) is 6.07 Å². The molecular formula is C10H12BrN3O2. The Morgan fingerprint density at radius 3 is 3.00 bits per heavy atom. The number of nitrogens with one attached hydrogen (secondary N) is 2. The molecule has 2 rings (SSSR count). The van der Waals surface area contributed by atoms with Gasteiger partial charge in [0.2, 0.25) is 0 Å². The van der Waals surface area contributed by atoms with Crippen LogP contribution in [0.5, 0.6) is 0 Å². The third-order valence-corrected chi connectivity index (χ3v) is 3.07. The molecule has 6 heteroatoms. The summed E-state index contributed by atoms with van der Waals surface area (Å²) in [5, 5.41) is 17.3. The highest BCUT2D eigenvalue weighted by Crippen LogP contribution is 2.28. The summed E-state index contributed by atoms with van der Waals surface area (Å²) in [6.45, 7) is 1.81. The normalized spacial score (nSPS) is 19.7. The minimum Gasteiger partial charge on any atom is -0.375 e. The second-order valence-corrected chi connectivity index (χ2v) is 4.67. The van der Waals surface area contributed by atoms with E-state index in [4.69, 9.17) is 0 Å². The van der Waals surface area contributed by atoms with Crippen molar-refractivity contribution >= 4 is 27.3 Å². The number of anilines is 1. The zero-order valence-corrected chi connectivity index (χ0v) is 10.2. The lowest BCUT2D eigenvalue weighted by Crippen LogP contribution is -2.22.